The van der Waals surface area contributed by atoms with E-state index in [0.717, 1.165) is 6.26 Å². The van der Waals surface area contributed by atoms with Crippen molar-refractivity contribution >= 4 is 0 Å². The Hall–Kier alpha value is -0.500. The van der Waals surface area contributed by atoms with E-state index in [9.17, 15) is 0 Å². The van der Waals surface area contributed by atoms with Gasteiger partial charge < -0.3 is 9.59 Å². The van der Waals surface area contributed by atoms with Crippen molar-refractivity contribution < 1.29 is 9.59 Å². The van der Waals surface area contributed by atoms with Gasteiger partial charge in [0.15, 0.2) is 0 Å². The molecule has 0 aliphatic rings. The first-order chi connectivity index (χ1) is 3.06. The Labute approximate surface area is 44.3 Å². The lowest BCUT2D eigenvalue weighted by Crippen LogP contribution is -2.26. The van der Waals surface area contributed by atoms with Gasteiger partial charge in [0.25, 0.3) is 0 Å². The van der Waals surface area contributed by atoms with Gasteiger partial charge in [-0.2, -0.15) is 0 Å². The topological polar surface area (TPSA) is 20.2 Å². The summed E-state index contributed by atoms with van der Waals surface area (Å²) in [4.78, 5) is 0. The lowest BCUT2D eigenvalue weighted by atomic mass is 10.7. The number of hydrogen-bond acceptors (Lipinski definition) is 1. The van der Waals surface area contributed by atoms with Crippen molar-refractivity contribution in [2.75, 3.05) is 21.1 Å². The highest BCUT2D eigenvalue weighted by Gasteiger charge is 1.96. The van der Waals surface area contributed by atoms with E-state index in [4.69, 9.17) is 5.11 Å². The zero-order chi connectivity index (χ0) is 5.91. The molecule has 0 bridgehead atoms. The molecule has 2 nitrogen and oxygen atoms in total. The number of aliphatic hydroxyl groups excluding tert-OH is 1. The molecule has 0 fully saturated rings. The Morgan fingerprint density at radius 2 is 1.71 bits per heavy atom. The van der Waals surface area contributed by atoms with Gasteiger partial charge in [0, 0.05) is 0 Å². The van der Waals surface area contributed by atoms with Crippen LogP contribution < -0.4 is 0 Å². The van der Waals surface area contributed by atoms with E-state index in [-0.39, 0.29) is 0 Å². The van der Waals surface area contributed by atoms with Crippen LogP contribution in [0.15, 0.2) is 12.5 Å². The van der Waals surface area contributed by atoms with E-state index >= 15 is 0 Å². The second kappa shape index (κ2) is 1.98. The first-order valence-electron chi connectivity index (χ1n) is 2.19. The summed E-state index contributed by atoms with van der Waals surface area (Å²) >= 11 is 0. The molecule has 0 aliphatic carbocycles. The summed E-state index contributed by atoms with van der Waals surface area (Å²) in [5.41, 5.74) is 0. The third-order valence-electron chi connectivity index (χ3n) is 0.514. The Morgan fingerprint density at radius 3 is 1.71 bits per heavy atom. The molecule has 0 aromatic rings. The van der Waals surface area contributed by atoms with E-state index in [2.05, 4.69) is 0 Å². The normalized spacial score (nSPS) is 13.0. The summed E-state index contributed by atoms with van der Waals surface area (Å²) in [5.74, 6) is 0. The summed E-state index contributed by atoms with van der Waals surface area (Å²) in [6.07, 6.45) is 2.74. The molecule has 0 rings (SSSR count). The first-order valence-corrected chi connectivity index (χ1v) is 2.19. The quantitative estimate of drug-likeness (QED) is 0.382. The minimum Gasteiger partial charge on any atom is -0.510 e. The second-order valence-corrected chi connectivity index (χ2v) is 2.41. The predicted octanol–water partition coefficient (Wildman–Crippen LogP) is 0.722. The molecule has 0 saturated heterocycles. The monoisotopic (exact) mass is 102 g/mol. The van der Waals surface area contributed by atoms with Crippen molar-refractivity contribution in [3.05, 3.63) is 12.5 Å². The van der Waals surface area contributed by atoms with Crippen LogP contribution in [0.3, 0.4) is 0 Å². The van der Waals surface area contributed by atoms with Crippen molar-refractivity contribution in [1.29, 1.82) is 0 Å². The van der Waals surface area contributed by atoms with Crippen molar-refractivity contribution in [2.45, 2.75) is 0 Å². The van der Waals surface area contributed by atoms with E-state index < -0.39 is 0 Å². The smallest absolute Gasteiger partial charge is 0.132 e. The molecule has 1 N–H and O–H groups in total. The number of quaternary nitrogens is 1. The van der Waals surface area contributed by atoms with Gasteiger partial charge in [-0.25, -0.2) is 0 Å². The molecule has 2 heteroatoms. The Morgan fingerprint density at radius 1 is 1.29 bits per heavy atom. The molecule has 0 spiro atoms. The van der Waals surface area contributed by atoms with Gasteiger partial charge in [-0.1, -0.05) is 0 Å². The van der Waals surface area contributed by atoms with Gasteiger partial charge >= 0.3 is 0 Å². The van der Waals surface area contributed by atoms with E-state index in [0.29, 0.717) is 4.48 Å². The van der Waals surface area contributed by atoms with E-state index in [1.807, 2.05) is 21.1 Å². The van der Waals surface area contributed by atoms with E-state index in [1.54, 1.807) is 6.20 Å². The lowest BCUT2D eigenvalue weighted by Gasteiger charge is -2.15. The van der Waals surface area contributed by atoms with Gasteiger partial charge in [0.05, 0.1) is 21.1 Å². The summed E-state index contributed by atoms with van der Waals surface area (Å²) in [5, 5.41) is 8.21. The fourth-order valence-corrected chi connectivity index (χ4v) is 0.200. The zero-order valence-corrected chi connectivity index (χ0v) is 5.05. The zero-order valence-electron chi connectivity index (χ0n) is 5.05. The number of nitrogens with zero attached hydrogens (tertiary/aromatic N) is 1. The predicted molar refractivity (Wildman–Crippen MR) is 29.8 cm³/mol. The molecule has 0 heterocycles. The number of rotatable bonds is 1. The first kappa shape index (κ1) is 6.50. The maximum Gasteiger partial charge on any atom is 0.132 e. The molecule has 0 aliphatic heterocycles. The van der Waals surface area contributed by atoms with Crippen LogP contribution in [0, 0.1) is 0 Å². The minimum atomic E-state index is 0.663. The maximum atomic E-state index is 8.21. The molecule has 0 unspecified atom stereocenters. The van der Waals surface area contributed by atoms with Gasteiger partial charge in [0.1, 0.15) is 12.5 Å². The van der Waals surface area contributed by atoms with Gasteiger partial charge in [-0.3, -0.25) is 0 Å². The molecule has 0 atom stereocenters. The molecule has 0 saturated carbocycles. The van der Waals surface area contributed by atoms with Crippen LogP contribution in [0.1, 0.15) is 0 Å². The average molecular weight is 102 g/mol. The number of hydrogen-bond donors (Lipinski definition) is 1. The van der Waals surface area contributed by atoms with Crippen molar-refractivity contribution in [3.63, 3.8) is 0 Å². The largest absolute Gasteiger partial charge is 0.510 e. The molecule has 0 amide bonds. The van der Waals surface area contributed by atoms with Crippen molar-refractivity contribution in [2.24, 2.45) is 0 Å². The molecule has 0 aromatic heterocycles. The molecule has 42 valence electrons. The third-order valence-corrected chi connectivity index (χ3v) is 0.514. The Kier molecular flexibility index (Phi) is 1.84. The Balaban J connectivity index is 3.56. The van der Waals surface area contributed by atoms with Gasteiger partial charge in [0.2, 0.25) is 0 Å². The fourth-order valence-electron chi connectivity index (χ4n) is 0.200. The van der Waals surface area contributed by atoms with E-state index in [1.165, 1.54) is 0 Å². The van der Waals surface area contributed by atoms with Crippen LogP contribution in [0.5, 0.6) is 0 Å². The average Bonchev–Trinajstić information content (AvgIpc) is 1.30. The third kappa shape index (κ3) is 5.50. The number of aliphatic hydroxyl groups is 1. The highest BCUT2D eigenvalue weighted by Crippen LogP contribution is 1.87. The van der Waals surface area contributed by atoms with Gasteiger partial charge in [-0.05, 0) is 0 Å². The molecular weight excluding hydrogens is 90.1 g/mol. The van der Waals surface area contributed by atoms with Crippen LogP contribution in [-0.2, 0) is 0 Å². The SMILES string of the molecule is C[N+](C)(C)/C=C/O. The summed E-state index contributed by atoms with van der Waals surface area (Å²) in [6.45, 7) is 0. The fraction of sp³-hybridized carbons (Fsp3) is 0.600. The van der Waals surface area contributed by atoms with Crippen molar-refractivity contribution in [3.8, 4) is 0 Å². The van der Waals surface area contributed by atoms with Crippen LogP contribution in [0.4, 0.5) is 0 Å². The lowest BCUT2D eigenvalue weighted by molar-refractivity contribution is -0.817. The molecule has 0 aromatic carbocycles. The van der Waals surface area contributed by atoms with Gasteiger partial charge in [-0.15, -0.1) is 0 Å². The summed E-state index contributed by atoms with van der Waals surface area (Å²) in [7, 11) is 5.90. The van der Waals surface area contributed by atoms with Crippen LogP contribution >= 0.6 is 0 Å². The molecule has 7 heavy (non-hydrogen) atoms. The summed E-state index contributed by atoms with van der Waals surface area (Å²) < 4.78 is 0.663. The standard InChI is InChI=1S/C5H11NO/c1-6(2,3)4-5-7/h4-5H,1-3H3/p+1/b5-4+. The van der Waals surface area contributed by atoms with Crippen LogP contribution in [0.25, 0.3) is 0 Å². The molecular formula is C5H12NO+. The van der Waals surface area contributed by atoms with Crippen molar-refractivity contribution in [1.82, 2.24) is 0 Å². The highest BCUT2D eigenvalue weighted by atomic mass is 16.2. The highest BCUT2D eigenvalue weighted by molar-refractivity contribution is 4.55. The second-order valence-electron chi connectivity index (χ2n) is 2.41. The van der Waals surface area contributed by atoms with Crippen LogP contribution in [-0.4, -0.2) is 30.7 Å². The molecule has 0 radical (unpaired) electrons. The van der Waals surface area contributed by atoms with Crippen LogP contribution in [0.2, 0.25) is 0 Å². The minimum absolute atomic E-state index is 0.663. The summed E-state index contributed by atoms with van der Waals surface area (Å²) in [6, 6.07) is 0. The maximum absolute atomic E-state index is 8.21. The Bertz CT molecular complexity index is 70.6.